The van der Waals surface area contributed by atoms with Gasteiger partial charge in [-0.3, -0.25) is 4.40 Å². The summed E-state index contributed by atoms with van der Waals surface area (Å²) in [6.07, 6.45) is 7.53. The molecule has 3 aromatic heterocycles. The zero-order chi connectivity index (χ0) is 21.4. The summed E-state index contributed by atoms with van der Waals surface area (Å²) in [4.78, 5) is 16.2. The van der Waals surface area contributed by atoms with E-state index in [1.54, 1.807) is 18.5 Å². The van der Waals surface area contributed by atoms with Gasteiger partial charge in [0.1, 0.15) is 11.5 Å². The molecular weight excluding hydrogens is 433 g/mol. The van der Waals surface area contributed by atoms with E-state index in [2.05, 4.69) is 20.2 Å². The molecule has 4 aromatic rings. The number of nitrogens with one attached hydrogen (secondary N) is 1. The van der Waals surface area contributed by atoms with Crippen molar-refractivity contribution in [3.63, 3.8) is 0 Å². The summed E-state index contributed by atoms with van der Waals surface area (Å²) in [5.74, 6) is 1.66. The van der Waals surface area contributed by atoms with Gasteiger partial charge < -0.3 is 16.0 Å². The lowest BCUT2D eigenvalue weighted by atomic mass is 10.1. The summed E-state index contributed by atoms with van der Waals surface area (Å²) in [5, 5.41) is 4.58. The van der Waals surface area contributed by atoms with E-state index in [0.29, 0.717) is 15.7 Å². The maximum absolute atomic E-state index is 6.47. The van der Waals surface area contributed by atoms with Gasteiger partial charge in [0.2, 0.25) is 5.95 Å². The van der Waals surface area contributed by atoms with Crippen LogP contribution >= 0.6 is 23.2 Å². The van der Waals surface area contributed by atoms with E-state index in [-0.39, 0.29) is 6.04 Å². The molecule has 31 heavy (non-hydrogen) atoms. The van der Waals surface area contributed by atoms with Gasteiger partial charge in [0.15, 0.2) is 0 Å². The highest BCUT2D eigenvalue weighted by atomic mass is 35.5. The quantitative estimate of drug-likeness (QED) is 0.452. The molecule has 5 rings (SSSR count). The number of nitrogens with two attached hydrogens (primary N) is 1. The van der Waals surface area contributed by atoms with E-state index in [1.807, 2.05) is 40.9 Å². The van der Waals surface area contributed by atoms with Crippen LogP contribution in [0.1, 0.15) is 12.8 Å². The second-order valence-corrected chi connectivity index (χ2v) is 8.41. The number of hydrogen-bond acceptors (Lipinski definition) is 6. The maximum atomic E-state index is 6.47. The van der Waals surface area contributed by atoms with Crippen molar-refractivity contribution in [2.75, 3.05) is 29.0 Å². The first-order valence-electron chi connectivity index (χ1n) is 10.1. The molecule has 1 unspecified atom stereocenters. The number of rotatable bonds is 5. The molecule has 9 heteroatoms. The van der Waals surface area contributed by atoms with E-state index in [0.717, 1.165) is 54.6 Å². The van der Waals surface area contributed by atoms with Crippen LogP contribution in [0.25, 0.3) is 16.9 Å². The van der Waals surface area contributed by atoms with Gasteiger partial charge in [-0.25, -0.2) is 15.0 Å². The summed E-state index contributed by atoms with van der Waals surface area (Å²) in [6.45, 7) is 1.67. The Morgan fingerprint density at radius 2 is 2.03 bits per heavy atom. The highest BCUT2D eigenvalue weighted by molar-refractivity contribution is 6.36. The number of nitrogen functional groups attached to an aromatic ring is 1. The van der Waals surface area contributed by atoms with Gasteiger partial charge in [-0.15, -0.1) is 0 Å². The molecule has 1 saturated heterocycles. The first kappa shape index (κ1) is 19.9. The van der Waals surface area contributed by atoms with Crippen LogP contribution in [0.5, 0.6) is 0 Å². The fraction of sp³-hybridized carbons (Fsp3) is 0.227. The van der Waals surface area contributed by atoms with Crippen LogP contribution in [-0.2, 0) is 0 Å². The fourth-order valence-electron chi connectivity index (χ4n) is 3.99. The molecule has 3 N–H and O–H groups in total. The average molecular weight is 454 g/mol. The Bertz CT molecular complexity index is 1220. The third kappa shape index (κ3) is 3.98. The SMILES string of the molecule is Nc1ccc(NCC2CCCN2c2nc(-c3ccc(Cl)cc3Cl)cc3nccn23)nc1. The van der Waals surface area contributed by atoms with Crippen molar-refractivity contribution in [3.8, 4) is 11.3 Å². The second-order valence-electron chi connectivity index (χ2n) is 7.57. The Kier molecular flexibility index (Phi) is 5.29. The van der Waals surface area contributed by atoms with Crippen molar-refractivity contribution >= 4 is 46.3 Å². The van der Waals surface area contributed by atoms with Crippen LogP contribution in [0.15, 0.2) is 55.0 Å². The van der Waals surface area contributed by atoms with Gasteiger partial charge >= 0.3 is 0 Å². The molecular formula is C22H21Cl2N7. The molecule has 1 aromatic carbocycles. The van der Waals surface area contributed by atoms with E-state index >= 15 is 0 Å². The van der Waals surface area contributed by atoms with Crippen molar-refractivity contribution in [2.45, 2.75) is 18.9 Å². The molecule has 0 aliphatic carbocycles. The lowest BCUT2D eigenvalue weighted by Crippen LogP contribution is -2.36. The van der Waals surface area contributed by atoms with Crippen molar-refractivity contribution in [3.05, 3.63) is 65.0 Å². The molecule has 1 aliphatic heterocycles. The van der Waals surface area contributed by atoms with Gasteiger partial charge in [0.05, 0.1) is 22.6 Å². The first-order valence-corrected chi connectivity index (χ1v) is 10.9. The molecule has 4 heterocycles. The molecule has 0 radical (unpaired) electrons. The molecule has 1 fully saturated rings. The minimum atomic E-state index is 0.272. The number of imidazole rings is 1. The zero-order valence-corrected chi connectivity index (χ0v) is 18.2. The van der Waals surface area contributed by atoms with Crippen LogP contribution in [0.3, 0.4) is 0 Å². The average Bonchev–Trinajstić information content (AvgIpc) is 3.42. The smallest absolute Gasteiger partial charge is 0.212 e. The zero-order valence-electron chi connectivity index (χ0n) is 16.7. The van der Waals surface area contributed by atoms with Gasteiger partial charge in [0.25, 0.3) is 0 Å². The van der Waals surface area contributed by atoms with Crippen LogP contribution < -0.4 is 16.0 Å². The fourth-order valence-corrected chi connectivity index (χ4v) is 4.49. The summed E-state index contributed by atoms with van der Waals surface area (Å²) >= 11 is 12.5. The predicted molar refractivity (Wildman–Crippen MR) is 126 cm³/mol. The number of aromatic nitrogens is 4. The molecule has 1 atom stereocenters. The molecule has 1 aliphatic rings. The summed E-state index contributed by atoms with van der Waals surface area (Å²) in [7, 11) is 0. The number of hydrogen-bond donors (Lipinski definition) is 2. The topological polar surface area (TPSA) is 84.4 Å². The Morgan fingerprint density at radius 1 is 1.13 bits per heavy atom. The number of anilines is 3. The van der Waals surface area contributed by atoms with E-state index < -0.39 is 0 Å². The number of benzene rings is 1. The van der Waals surface area contributed by atoms with Crippen molar-refractivity contribution < 1.29 is 0 Å². The minimum Gasteiger partial charge on any atom is -0.397 e. The van der Waals surface area contributed by atoms with E-state index in [1.165, 1.54) is 0 Å². The van der Waals surface area contributed by atoms with Crippen LogP contribution in [0, 0.1) is 0 Å². The van der Waals surface area contributed by atoms with Crippen LogP contribution in [-0.4, -0.2) is 38.5 Å². The molecule has 0 amide bonds. The monoisotopic (exact) mass is 453 g/mol. The standard InChI is InChI=1S/C22H21Cl2N7/c23-14-3-5-17(18(24)10-14)19-11-21-26-7-9-31(21)22(29-19)30-8-1-2-16(30)13-28-20-6-4-15(25)12-27-20/h3-7,9-12,16H,1-2,8,13,25H2,(H,27,28). The molecule has 0 saturated carbocycles. The van der Waals surface area contributed by atoms with Gasteiger partial charge in [-0.1, -0.05) is 23.2 Å². The Balaban J connectivity index is 1.48. The number of pyridine rings is 1. The van der Waals surface area contributed by atoms with Gasteiger partial charge in [-0.05, 0) is 43.2 Å². The molecule has 0 bridgehead atoms. The summed E-state index contributed by atoms with van der Waals surface area (Å²) in [5.41, 5.74) is 8.81. The highest BCUT2D eigenvalue weighted by Crippen LogP contribution is 2.33. The largest absolute Gasteiger partial charge is 0.397 e. The third-order valence-corrected chi connectivity index (χ3v) is 6.07. The van der Waals surface area contributed by atoms with Crippen molar-refractivity contribution in [1.29, 1.82) is 0 Å². The molecule has 158 valence electrons. The van der Waals surface area contributed by atoms with Crippen LogP contribution in [0.4, 0.5) is 17.5 Å². The lowest BCUT2D eigenvalue weighted by molar-refractivity contribution is 0.678. The Hall–Kier alpha value is -3.03. The highest BCUT2D eigenvalue weighted by Gasteiger charge is 2.28. The maximum Gasteiger partial charge on any atom is 0.212 e. The molecule has 0 spiro atoms. The normalized spacial score (nSPS) is 16.2. The summed E-state index contributed by atoms with van der Waals surface area (Å²) in [6, 6.07) is 11.4. The predicted octanol–water partition coefficient (Wildman–Crippen LogP) is 4.76. The van der Waals surface area contributed by atoms with E-state index in [9.17, 15) is 0 Å². The van der Waals surface area contributed by atoms with Gasteiger partial charge in [-0.2, -0.15) is 0 Å². The minimum absolute atomic E-state index is 0.272. The number of halogens is 2. The summed E-state index contributed by atoms with van der Waals surface area (Å²) < 4.78 is 2.02. The van der Waals surface area contributed by atoms with Crippen molar-refractivity contribution in [1.82, 2.24) is 19.4 Å². The Labute approximate surface area is 189 Å². The lowest BCUT2D eigenvalue weighted by Gasteiger charge is -2.27. The van der Waals surface area contributed by atoms with E-state index in [4.69, 9.17) is 33.9 Å². The number of nitrogens with zero attached hydrogens (tertiary/aromatic N) is 5. The third-order valence-electron chi connectivity index (χ3n) is 5.52. The number of fused-ring (bicyclic) bond motifs is 1. The Morgan fingerprint density at radius 3 is 2.84 bits per heavy atom. The first-order chi connectivity index (χ1) is 15.1. The van der Waals surface area contributed by atoms with Crippen LogP contribution in [0.2, 0.25) is 10.0 Å². The van der Waals surface area contributed by atoms with Crippen molar-refractivity contribution in [2.24, 2.45) is 0 Å². The molecule has 7 nitrogen and oxygen atoms in total. The van der Waals surface area contributed by atoms with Gasteiger partial charge in [0, 0.05) is 48.2 Å². The second kappa shape index (κ2) is 8.24.